The Morgan fingerprint density at radius 2 is 1.82 bits per heavy atom. The molecule has 0 aromatic carbocycles. The first kappa shape index (κ1) is 13.4. The van der Waals surface area contributed by atoms with E-state index >= 15 is 0 Å². The third-order valence-electron chi connectivity index (χ3n) is 1.85. The Labute approximate surface area is 101 Å². The van der Waals surface area contributed by atoms with E-state index in [2.05, 4.69) is 25.6 Å². The monoisotopic (exact) mass is 241 g/mol. The smallest absolute Gasteiger partial charge is 0.323 e. The molecule has 0 saturated carbocycles. The molecule has 96 valence electrons. The third-order valence-corrected chi connectivity index (χ3v) is 1.85. The van der Waals surface area contributed by atoms with E-state index in [4.69, 9.17) is 9.47 Å². The van der Waals surface area contributed by atoms with Crippen LogP contribution in [0.1, 0.15) is 13.8 Å². The lowest BCUT2D eigenvalue weighted by molar-refractivity contribution is 0.158. The standard InChI is InChI=1S/C10H19N5O2/c1-4-16-7-6-12-9-13-8(11-3)14-10(15-9)17-5-2/h4-7H2,1-3H3,(H2,11,12,13,14,15). The van der Waals surface area contributed by atoms with Crippen LogP contribution in [0, 0.1) is 0 Å². The fourth-order valence-electron chi connectivity index (χ4n) is 1.12. The maximum absolute atomic E-state index is 5.24. The van der Waals surface area contributed by atoms with Crippen LogP contribution in [0.25, 0.3) is 0 Å². The van der Waals surface area contributed by atoms with Gasteiger partial charge in [-0.25, -0.2) is 0 Å². The van der Waals surface area contributed by atoms with Gasteiger partial charge in [-0.05, 0) is 13.8 Å². The zero-order valence-corrected chi connectivity index (χ0v) is 10.5. The van der Waals surface area contributed by atoms with Gasteiger partial charge in [-0.2, -0.15) is 15.0 Å². The normalized spacial score (nSPS) is 10.1. The van der Waals surface area contributed by atoms with Crippen molar-refractivity contribution in [2.75, 3.05) is 44.0 Å². The lowest BCUT2D eigenvalue weighted by Crippen LogP contribution is -2.13. The molecule has 0 unspecified atom stereocenters. The van der Waals surface area contributed by atoms with E-state index in [-0.39, 0.29) is 0 Å². The summed E-state index contributed by atoms with van der Waals surface area (Å²) in [4.78, 5) is 12.3. The molecule has 1 heterocycles. The van der Waals surface area contributed by atoms with Crippen molar-refractivity contribution in [2.45, 2.75) is 13.8 Å². The summed E-state index contributed by atoms with van der Waals surface area (Å²) in [6.07, 6.45) is 0. The van der Waals surface area contributed by atoms with Crippen LogP contribution < -0.4 is 15.4 Å². The fourth-order valence-corrected chi connectivity index (χ4v) is 1.12. The molecule has 0 amide bonds. The number of ether oxygens (including phenoxy) is 2. The van der Waals surface area contributed by atoms with Crippen LogP contribution in [0.2, 0.25) is 0 Å². The second-order valence-corrected chi connectivity index (χ2v) is 3.07. The van der Waals surface area contributed by atoms with E-state index in [9.17, 15) is 0 Å². The average molecular weight is 241 g/mol. The van der Waals surface area contributed by atoms with Crippen molar-refractivity contribution in [3.8, 4) is 6.01 Å². The van der Waals surface area contributed by atoms with Crippen molar-refractivity contribution in [1.29, 1.82) is 0 Å². The second-order valence-electron chi connectivity index (χ2n) is 3.07. The molecular weight excluding hydrogens is 222 g/mol. The van der Waals surface area contributed by atoms with Gasteiger partial charge in [0.1, 0.15) is 0 Å². The van der Waals surface area contributed by atoms with Crippen molar-refractivity contribution in [3.05, 3.63) is 0 Å². The molecule has 0 aliphatic carbocycles. The van der Waals surface area contributed by atoms with Gasteiger partial charge in [-0.3, -0.25) is 0 Å². The number of rotatable bonds is 8. The van der Waals surface area contributed by atoms with Gasteiger partial charge in [0, 0.05) is 20.2 Å². The third kappa shape index (κ3) is 4.81. The molecule has 7 nitrogen and oxygen atoms in total. The summed E-state index contributed by atoms with van der Waals surface area (Å²) in [5, 5.41) is 5.90. The first-order valence-corrected chi connectivity index (χ1v) is 5.68. The first-order chi connectivity index (χ1) is 8.30. The minimum Gasteiger partial charge on any atom is -0.464 e. The molecule has 0 radical (unpaired) electrons. The number of hydrogen-bond acceptors (Lipinski definition) is 7. The van der Waals surface area contributed by atoms with Crippen LogP contribution in [0.5, 0.6) is 6.01 Å². The summed E-state index contributed by atoms with van der Waals surface area (Å²) in [7, 11) is 1.75. The Balaban J connectivity index is 2.59. The molecule has 7 heteroatoms. The van der Waals surface area contributed by atoms with Crippen molar-refractivity contribution >= 4 is 11.9 Å². The Morgan fingerprint density at radius 3 is 2.47 bits per heavy atom. The number of nitrogens with zero attached hydrogens (tertiary/aromatic N) is 3. The van der Waals surface area contributed by atoms with Crippen LogP contribution in [-0.4, -0.2) is 48.4 Å². The maximum atomic E-state index is 5.24. The zero-order valence-electron chi connectivity index (χ0n) is 10.5. The van der Waals surface area contributed by atoms with Gasteiger partial charge in [0.25, 0.3) is 0 Å². The summed E-state index contributed by atoms with van der Waals surface area (Å²) in [6.45, 7) is 6.31. The molecule has 2 N–H and O–H groups in total. The van der Waals surface area contributed by atoms with E-state index in [0.29, 0.717) is 44.3 Å². The topological polar surface area (TPSA) is 81.2 Å². The minimum absolute atomic E-state index is 0.311. The lowest BCUT2D eigenvalue weighted by atomic mass is 10.6. The SMILES string of the molecule is CCOCCNc1nc(NC)nc(OCC)n1. The highest BCUT2D eigenvalue weighted by molar-refractivity contribution is 5.35. The molecule has 1 rings (SSSR count). The molecule has 0 spiro atoms. The highest BCUT2D eigenvalue weighted by Gasteiger charge is 2.05. The van der Waals surface area contributed by atoms with Crippen LogP contribution in [0.15, 0.2) is 0 Å². The Bertz CT molecular complexity index is 334. The second kappa shape index (κ2) is 7.61. The first-order valence-electron chi connectivity index (χ1n) is 5.68. The molecule has 1 aromatic rings. The van der Waals surface area contributed by atoms with E-state index in [1.807, 2.05) is 13.8 Å². The largest absolute Gasteiger partial charge is 0.464 e. The number of hydrogen-bond donors (Lipinski definition) is 2. The molecule has 0 aliphatic heterocycles. The van der Waals surface area contributed by atoms with Gasteiger partial charge in [0.2, 0.25) is 11.9 Å². The van der Waals surface area contributed by atoms with Gasteiger partial charge in [0.15, 0.2) is 0 Å². The Kier molecular flexibility index (Phi) is 6.02. The highest BCUT2D eigenvalue weighted by atomic mass is 16.5. The predicted molar refractivity (Wildman–Crippen MR) is 65.5 cm³/mol. The van der Waals surface area contributed by atoms with Gasteiger partial charge in [-0.1, -0.05) is 0 Å². The van der Waals surface area contributed by atoms with Crippen molar-refractivity contribution in [2.24, 2.45) is 0 Å². The van der Waals surface area contributed by atoms with Crippen molar-refractivity contribution < 1.29 is 9.47 Å². The van der Waals surface area contributed by atoms with Crippen LogP contribution >= 0.6 is 0 Å². The summed E-state index contributed by atoms with van der Waals surface area (Å²) in [5.41, 5.74) is 0. The Hall–Kier alpha value is -1.63. The number of anilines is 2. The van der Waals surface area contributed by atoms with Gasteiger partial charge >= 0.3 is 6.01 Å². The quantitative estimate of drug-likeness (QED) is 0.650. The molecule has 0 saturated heterocycles. The summed E-state index contributed by atoms with van der Waals surface area (Å²) in [5.74, 6) is 0.954. The molecule has 1 aromatic heterocycles. The summed E-state index contributed by atoms with van der Waals surface area (Å²) >= 11 is 0. The van der Waals surface area contributed by atoms with Crippen LogP contribution in [0.3, 0.4) is 0 Å². The molecule has 0 aliphatic rings. The van der Waals surface area contributed by atoms with E-state index in [1.54, 1.807) is 7.05 Å². The van der Waals surface area contributed by atoms with Crippen LogP contribution in [0.4, 0.5) is 11.9 Å². The van der Waals surface area contributed by atoms with E-state index < -0.39 is 0 Å². The minimum atomic E-state index is 0.311. The molecule has 0 fully saturated rings. The van der Waals surface area contributed by atoms with Crippen molar-refractivity contribution in [1.82, 2.24) is 15.0 Å². The van der Waals surface area contributed by atoms with Crippen molar-refractivity contribution in [3.63, 3.8) is 0 Å². The summed E-state index contributed by atoms with van der Waals surface area (Å²) < 4.78 is 10.5. The van der Waals surface area contributed by atoms with Crippen LogP contribution in [-0.2, 0) is 4.74 Å². The zero-order chi connectivity index (χ0) is 12.5. The molecule has 0 bridgehead atoms. The number of nitrogens with one attached hydrogen (secondary N) is 2. The molecule has 17 heavy (non-hydrogen) atoms. The fraction of sp³-hybridized carbons (Fsp3) is 0.700. The lowest BCUT2D eigenvalue weighted by Gasteiger charge is -2.08. The molecular formula is C10H19N5O2. The number of aromatic nitrogens is 3. The summed E-state index contributed by atoms with van der Waals surface area (Å²) in [6, 6.07) is 0.311. The van der Waals surface area contributed by atoms with Gasteiger partial charge < -0.3 is 20.1 Å². The van der Waals surface area contributed by atoms with E-state index in [1.165, 1.54) is 0 Å². The highest BCUT2D eigenvalue weighted by Crippen LogP contribution is 2.10. The maximum Gasteiger partial charge on any atom is 0.323 e. The Morgan fingerprint density at radius 1 is 1.06 bits per heavy atom. The van der Waals surface area contributed by atoms with Gasteiger partial charge in [-0.15, -0.1) is 0 Å². The predicted octanol–water partition coefficient (Wildman–Crippen LogP) is 0.760. The molecule has 0 atom stereocenters. The van der Waals surface area contributed by atoms with E-state index in [0.717, 1.165) is 0 Å². The average Bonchev–Trinajstić information content (AvgIpc) is 2.35. The van der Waals surface area contributed by atoms with Gasteiger partial charge in [0.05, 0.1) is 13.2 Å².